The predicted molar refractivity (Wildman–Crippen MR) is 72.3 cm³/mol. The molecule has 3 aromatic rings. The number of rotatable bonds is 1. The maximum absolute atomic E-state index is 5.85. The molecule has 2 N–H and O–H groups in total. The molecular formula is C14H14N4. The van der Waals surface area contributed by atoms with Crippen molar-refractivity contribution in [2.24, 2.45) is 0 Å². The average Bonchev–Trinajstić information content (AvgIpc) is 2.71. The van der Waals surface area contributed by atoms with Gasteiger partial charge in [-0.3, -0.25) is 4.40 Å². The summed E-state index contributed by atoms with van der Waals surface area (Å²) in [6.07, 6.45) is 5.43. The monoisotopic (exact) mass is 238 g/mol. The molecule has 2 aromatic heterocycles. The van der Waals surface area contributed by atoms with Gasteiger partial charge < -0.3 is 5.73 Å². The van der Waals surface area contributed by atoms with Crippen LogP contribution in [-0.2, 0) is 0 Å². The van der Waals surface area contributed by atoms with Gasteiger partial charge >= 0.3 is 0 Å². The quantitative estimate of drug-likeness (QED) is 0.709. The molecule has 0 spiro atoms. The Bertz CT molecular complexity index is 728. The Morgan fingerprint density at radius 1 is 1.11 bits per heavy atom. The van der Waals surface area contributed by atoms with Crippen molar-refractivity contribution in [2.75, 3.05) is 5.73 Å². The Morgan fingerprint density at radius 2 is 1.89 bits per heavy atom. The second kappa shape index (κ2) is 3.84. The highest BCUT2D eigenvalue weighted by Gasteiger charge is 2.06. The van der Waals surface area contributed by atoms with E-state index in [0.717, 1.165) is 5.56 Å². The summed E-state index contributed by atoms with van der Waals surface area (Å²) in [5, 5.41) is 0. The molecule has 0 fully saturated rings. The summed E-state index contributed by atoms with van der Waals surface area (Å²) < 4.78 is 1.80. The van der Waals surface area contributed by atoms with Crippen molar-refractivity contribution in [3.05, 3.63) is 47.9 Å². The summed E-state index contributed by atoms with van der Waals surface area (Å²) in [6, 6.07) is 6.38. The van der Waals surface area contributed by atoms with Crippen molar-refractivity contribution < 1.29 is 0 Å². The first-order chi connectivity index (χ1) is 8.65. The average molecular weight is 238 g/mol. The molecule has 0 bridgehead atoms. The van der Waals surface area contributed by atoms with E-state index in [9.17, 15) is 0 Å². The van der Waals surface area contributed by atoms with Crippen LogP contribution in [0, 0.1) is 13.8 Å². The van der Waals surface area contributed by atoms with Crippen molar-refractivity contribution in [2.45, 2.75) is 13.8 Å². The Kier molecular flexibility index (Phi) is 2.30. The highest BCUT2D eigenvalue weighted by atomic mass is 15.1. The van der Waals surface area contributed by atoms with Gasteiger partial charge in [-0.2, -0.15) is 0 Å². The molecule has 0 saturated carbocycles. The zero-order valence-electron chi connectivity index (χ0n) is 10.4. The van der Waals surface area contributed by atoms with Crippen LogP contribution in [0.4, 0.5) is 5.82 Å². The Balaban J connectivity index is 2.21. The number of fused-ring (bicyclic) bond motifs is 1. The molecule has 0 aliphatic carbocycles. The third-order valence-corrected chi connectivity index (χ3v) is 3.09. The summed E-state index contributed by atoms with van der Waals surface area (Å²) in [5.74, 6) is 1.23. The Morgan fingerprint density at radius 3 is 2.67 bits per heavy atom. The minimum atomic E-state index is 0.601. The van der Waals surface area contributed by atoms with E-state index in [2.05, 4.69) is 42.0 Å². The number of anilines is 1. The van der Waals surface area contributed by atoms with Crippen molar-refractivity contribution in [3.63, 3.8) is 0 Å². The number of hydrogen-bond donors (Lipinski definition) is 1. The number of imidazole rings is 1. The second-order valence-corrected chi connectivity index (χ2v) is 4.51. The second-order valence-electron chi connectivity index (χ2n) is 4.51. The molecular weight excluding hydrogens is 224 g/mol. The largest absolute Gasteiger partial charge is 0.383 e. The van der Waals surface area contributed by atoms with Gasteiger partial charge in [0.2, 0.25) is 5.78 Å². The highest BCUT2D eigenvalue weighted by Crippen LogP contribution is 2.24. The molecule has 0 unspecified atom stereocenters. The third kappa shape index (κ3) is 1.62. The van der Waals surface area contributed by atoms with Crippen LogP contribution in [0.1, 0.15) is 11.1 Å². The van der Waals surface area contributed by atoms with Gasteiger partial charge in [-0.25, -0.2) is 9.97 Å². The summed E-state index contributed by atoms with van der Waals surface area (Å²) in [5.41, 5.74) is 10.5. The van der Waals surface area contributed by atoms with E-state index in [4.69, 9.17) is 5.73 Å². The fraction of sp³-hybridized carbons (Fsp3) is 0.143. The van der Waals surface area contributed by atoms with E-state index in [1.165, 1.54) is 16.7 Å². The van der Waals surface area contributed by atoms with Gasteiger partial charge in [0.15, 0.2) is 0 Å². The number of hydrogen-bond acceptors (Lipinski definition) is 3. The van der Waals surface area contributed by atoms with E-state index >= 15 is 0 Å². The lowest BCUT2D eigenvalue weighted by Crippen LogP contribution is -1.96. The van der Waals surface area contributed by atoms with Crippen LogP contribution in [-0.4, -0.2) is 14.4 Å². The van der Waals surface area contributed by atoms with Gasteiger partial charge in [0.25, 0.3) is 0 Å². The van der Waals surface area contributed by atoms with Crippen LogP contribution in [0.15, 0.2) is 36.8 Å². The van der Waals surface area contributed by atoms with Gasteiger partial charge in [0.05, 0.1) is 6.20 Å². The normalized spacial score (nSPS) is 11.0. The van der Waals surface area contributed by atoms with E-state index in [1.54, 1.807) is 10.6 Å². The number of nitrogen functional groups attached to an aromatic ring is 1. The zero-order valence-corrected chi connectivity index (χ0v) is 10.4. The lowest BCUT2D eigenvalue weighted by atomic mass is 10.0. The molecule has 1 aromatic carbocycles. The van der Waals surface area contributed by atoms with Crippen molar-refractivity contribution in [1.82, 2.24) is 14.4 Å². The topological polar surface area (TPSA) is 56.2 Å². The van der Waals surface area contributed by atoms with Gasteiger partial charge in [-0.15, -0.1) is 0 Å². The fourth-order valence-corrected chi connectivity index (χ4v) is 2.17. The van der Waals surface area contributed by atoms with Gasteiger partial charge in [-0.1, -0.05) is 23.8 Å². The van der Waals surface area contributed by atoms with Gasteiger partial charge in [0, 0.05) is 18.0 Å². The smallest absolute Gasteiger partial charge is 0.235 e. The van der Waals surface area contributed by atoms with Crippen LogP contribution in [0.2, 0.25) is 0 Å². The molecule has 4 heteroatoms. The van der Waals surface area contributed by atoms with Gasteiger partial charge in [-0.05, 0) is 25.0 Å². The summed E-state index contributed by atoms with van der Waals surface area (Å²) in [4.78, 5) is 8.43. The molecule has 4 nitrogen and oxygen atoms in total. The highest BCUT2D eigenvalue weighted by molar-refractivity contribution is 5.67. The molecule has 3 rings (SSSR count). The maximum Gasteiger partial charge on any atom is 0.235 e. The van der Waals surface area contributed by atoms with Crippen LogP contribution in [0.5, 0.6) is 0 Å². The SMILES string of the molecule is Cc1ccc(-c2cnc3ncc(N)n3c2)c(C)c1. The first-order valence-electron chi connectivity index (χ1n) is 5.81. The summed E-state index contributed by atoms with van der Waals surface area (Å²) in [7, 11) is 0. The molecule has 0 aliphatic heterocycles. The molecule has 90 valence electrons. The summed E-state index contributed by atoms with van der Waals surface area (Å²) >= 11 is 0. The molecule has 0 saturated heterocycles. The number of nitrogens with zero attached hydrogens (tertiary/aromatic N) is 3. The van der Waals surface area contributed by atoms with E-state index in [1.807, 2.05) is 12.4 Å². The van der Waals surface area contributed by atoms with Gasteiger partial charge in [0.1, 0.15) is 5.82 Å². The molecule has 0 radical (unpaired) electrons. The number of nitrogens with two attached hydrogens (primary N) is 1. The van der Waals surface area contributed by atoms with Crippen LogP contribution >= 0.6 is 0 Å². The number of benzene rings is 1. The lowest BCUT2D eigenvalue weighted by Gasteiger charge is -2.07. The standard InChI is InChI=1S/C14H14N4/c1-9-3-4-12(10(2)5-9)11-6-16-14-17-7-13(15)18(14)8-11/h3-8H,15H2,1-2H3. The predicted octanol–water partition coefficient (Wildman–Crippen LogP) is 2.60. The molecule has 2 heterocycles. The molecule has 0 amide bonds. The molecule has 18 heavy (non-hydrogen) atoms. The number of aryl methyl sites for hydroxylation is 2. The lowest BCUT2D eigenvalue weighted by molar-refractivity contribution is 1.12. The minimum Gasteiger partial charge on any atom is -0.383 e. The maximum atomic E-state index is 5.85. The van der Waals surface area contributed by atoms with Crippen LogP contribution < -0.4 is 5.73 Å². The molecule has 0 atom stereocenters. The fourth-order valence-electron chi connectivity index (χ4n) is 2.17. The van der Waals surface area contributed by atoms with Crippen molar-refractivity contribution in [3.8, 4) is 11.1 Å². The number of aromatic nitrogens is 3. The Labute approximate surface area is 105 Å². The first-order valence-corrected chi connectivity index (χ1v) is 5.81. The van der Waals surface area contributed by atoms with Crippen LogP contribution in [0.3, 0.4) is 0 Å². The Hall–Kier alpha value is -2.36. The third-order valence-electron chi connectivity index (χ3n) is 3.09. The van der Waals surface area contributed by atoms with E-state index in [0.29, 0.717) is 11.6 Å². The van der Waals surface area contributed by atoms with E-state index in [-0.39, 0.29) is 0 Å². The van der Waals surface area contributed by atoms with E-state index < -0.39 is 0 Å². The van der Waals surface area contributed by atoms with Crippen molar-refractivity contribution >= 4 is 11.6 Å². The summed E-state index contributed by atoms with van der Waals surface area (Å²) in [6.45, 7) is 4.19. The van der Waals surface area contributed by atoms with Crippen LogP contribution in [0.25, 0.3) is 16.9 Å². The first kappa shape index (κ1) is 10.8. The minimum absolute atomic E-state index is 0.601. The molecule has 0 aliphatic rings. The zero-order chi connectivity index (χ0) is 12.7. The van der Waals surface area contributed by atoms with Crippen molar-refractivity contribution in [1.29, 1.82) is 0 Å².